The van der Waals surface area contributed by atoms with Crippen LogP contribution in [0.3, 0.4) is 0 Å². The number of rotatable bonds is 5. The van der Waals surface area contributed by atoms with E-state index in [0.717, 1.165) is 11.1 Å². The predicted molar refractivity (Wildman–Crippen MR) is 118 cm³/mol. The van der Waals surface area contributed by atoms with E-state index in [1.807, 2.05) is 30.5 Å². The third-order valence-corrected chi connectivity index (χ3v) is 6.02. The molecule has 3 nitrogen and oxygen atoms in total. The van der Waals surface area contributed by atoms with E-state index >= 15 is 0 Å². The Morgan fingerprint density at radius 2 is 1.66 bits per heavy atom. The van der Waals surface area contributed by atoms with Gasteiger partial charge in [0, 0.05) is 17.1 Å². The SMILES string of the molecule is c1ccc(COc2ncccc2-c2[nH]c3ccccc3c2C2CCCCC2)cc1. The second-order valence-corrected chi connectivity index (χ2v) is 7.92. The summed E-state index contributed by atoms with van der Waals surface area (Å²) in [6, 6.07) is 23.1. The van der Waals surface area contributed by atoms with Gasteiger partial charge in [0.15, 0.2) is 0 Å². The number of benzene rings is 2. The van der Waals surface area contributed by atoms with E-state index in [0.29, 0.717) is 18.4 Å². The average molecular weight is 383 g/mol. The number of aromatic nitrogens is 2. The molecule has 0 spiro atoms. The molecule has 0 bridgehead atoms. The summed E-state index contributed by atoms with van der Waals surface area (Å²) in [6.45, 7) is 0.518. The quantitative estimate of drug-likeness (QED) is 0.409. The summed E-state index contributed by atoms with van der Waals surface area (Å²) in [4.78, 5) is 8.28. The van der Waals surface area contributed by atoms with Gasteiger partial charge in [0.05, 0.1) is 11.3 Å². The Morgan fingerprint density at radius 3 is 2.52 bits per heavy atom. The van der Waals surface area contributed by atoms with Crippen LogP contribution < -0.4 is 4.74 Å². The summed E-state index contributed by atoms with van der Waals surface area (Å²) in [7, 11) is 0. The Labute approximate surface area is 171 Å². The number of fused-ring (bicyclic) bond motifs is 1. The minimum atomic E-state index is 0.518. The summed E-state index contributed by atoms with van der Waals surface area (Å²) >= 11 is 0. The van der Waals surface area contributed by atoms with Crippen molar-refractivity contribution in [3.05, 3.63) is 84.1 Å². The molecular formula is C26H26N2O. The molecule has 1 aliphatic carbocycles. The molecule has 2 aromatic heterocycles. The molecule has 0 unspecified atom stereocenters. The lowest BCUT2D eigenvalue weighted by molar-refractivity contribution is 0.295. The van der Waals surface area contributed by atoms with Gasteiger partial charge in [-0.05, 0) is 48.1 Å². The van der Waals surface area contributed by atoms with Crippen LogP contribution in [0.15, 0.2) is 72.9 Å². The largest absolute Gasteiger partial charge is 0.472 e. The molecule has 2 aromatic carbocycles. The van der Waals surface area contributed by atoms with Crippen molar-refractivity contribution in [2.75, 3.05) is 0 Å². The van der Waals surface area contributed by atoms with Gasteiger partial charge in [0.25, 0.3) is 0 Å². The van der Waals surface area contributed by atoms with Crippen LogP contribution in [-0.2, 0) is 6.61 Å². The number of hydrogen-bond acceptors (Lipinski definition) is 2. The molecule has 0 radical (unpaired) electrons. The molecule has 1 aliphatic rings. The number of nitrogens with one attached hydrogen (secondary N) is 1. The fourth-order valence-corrected chi connectivity index (χ4v) is 4.61. The summed E-state index contributed by atoms with van der Waals surface area (Å²) in [5, 5.41) is 1.34. The van der Waals surface area contributed by atoms with Crippen LogP contribution in [0.4, 0.5) is 0 Å². The van der Waals surface area contributed by atoms with Gasteiger partial charge in [-0.2, -0.15) is 0 Å². The minimum Gasteiger partial charge on any atom is -0.472 e. The first-order valence-corrected chi connectivity index (χ1v) is 10.6. The van der Waals surface area contributed by atoms with E-state index in [9.17, 15) is 0 Å². The monoisotopic (exact) mass is 382 g/mol. The van der Waals surface area contributed by atoms with Crippen molar-refractivity contribution in [2.45, 2.75) is 44.6 Å². The van der Waals surface area contributed by atoms with Crippen molar-refractivity contribution in [1.29, 1.82) is 0 Å². The van der Waals surface area contributed by atoms with Crippen LogP contribution in [0, 0.1) is 0 Å². The van der Waals surface area contributed by atoms with Crippen LogP contribution in [0.2, 0.25) is 0 Å². The summed E-state index contributed by atoms with van der Waals surface area (Å²) in [6.07, 6.45) is 8.31. The van der Waals surface area contributed by atoms with Crippen molar-refractivity contribution in [1.82, 2.24) is 9.97 Å². The fraction of sp³-hybridized carbons (Fsp3) is 0.269. The highest BCUT2D eigenvalue weighted by Gasteiger charge is 2.25. The third-order valence-electron chi connectivity index (χ3n) is 6.02. The number of hydrogen-bond donors (Lipinski definition) is 1. The van der Waals surface area contributed by atoms with Crippen LogP contribution in [0.25, 0.3) is 22.2 Å². The standard InChI is InChI=1S/C26H26N2O/c1-3-10-19(11-4-1)18-29-26-22(15-9-17-27-26)25-24(20-12-5-2-6-13-20)21-14-7-8-16-23(21)28-25/h1,3-4,7-11,14-17,20,28H,2,5-6,12-13,18H2. The molecule has 2 heterocycles. The van der Waals surface area contributed by atoms with Gasteiger partial charge in [-0.15, -0.1) is 0 Å². The number of aromatic amines is 1. The van der Waals surface area contributed by atoms with Crippen LogP contribution in [-0.4, -0.2) is 9.97 Å². The predicted octanol–water partition coefficient (Wildman–Crippen LogP) is 6.86. The molecule has 3 heteroatoms. The van der Waals surface area contributed by atoms with Gasteiger partial charge in [0.2, 0.25) is 5.88 Å². The van der Waals surface area contributed by atoms with Crippen LogP contribution in [0.1, 0.15) is 49.1 Å². The zero-order valence-electron chi connectivity index (χ0n) is 16.6. The summed E-state index contributed by atoms with van der Waals surface area (Å²) in [5.74, 6) is 1.29. The van der Waals surface area contributed by atoms with E-state index in [1.165, 1.54) is 54.3 Å². The maximum atomic E-state index is 6.18. The van der Waals surface area contributed by atoms with Crippen molar-refractivity contribution in [3.8, 4) is 17.1 Å². The Balaban J connectivity index is 1.57. The number of pyridine rings is 1. The van der Waals surface area contributed by atoms with Crippen LogP contribution in [0.5, 0.6) is 5.88 Å². The highest BCUT2D eigenvalue weighted by molar-refractivity contribution is 5.92. The zero-order chi connectivity index (χ0) is 19.5. The lowest BCUT2D eigenvalue weighted by atomic mass is 9.82. The van der Waals surface area contributed by atoms with E-state index in [1.54, 1.807) is 0 Å². The molecule has 0 saturated heterocycles. The summed E-state index contributed by atoms with van der Waals surface area (Å²) < 4.78 is 6.18. The van der Waals surface area contributed by atoms with Gasteiger partial charge in [0.1, 0.15) is 6.61 Å². The minimum absolute atomic E-state index is 0.518. The van der Waals surface area contributed by atoms with E-state index < -0.39 is 0 Å². The first-order chi connectivity index (χ1) is 14.4. The Hall–Kier alpha value is -3.07. The molecule has 4 aromatic rings. The highest BCUT2D eigenvalue weighted by Crippen LogP contribution is 2.43. The van der Waals surface area contributed by atoms with E-state index in [4.69, 9.17) is 4.74 Å². The molecule has 0 aliphatic heterocycles. The Kier molecular flexibility index (Phi) is 5.04. The number of nitrogens with zero attached hydrogens (tertiary/aromatic N) is 1. The summed E-state index contributed by atoms with van der Waals surface area (Å²) in [5.41, 5.74) is 6.02. The topological polar surface area (TPSA) is 37.9 Å². The Morgan fingerprint density at radius 1 is 0.862 bits per heavy atom. The maximum Gasteiger partial charge on any atom is 0.223 e. The molecule has 29 heavy (non-hydrogen) atoms. The normalized spacial score (nSPS) is 14.9. The maximum absolute atomic E-state index is 6.18. The van der Waals surface area contributed by atoms with Crippen molar-refractivity contribution < 1.29 is 4.74 Å². The molecule has 1 fully saturated rings. The first-order valence-electron chi connectivity index (χ1n) is 10.6. The van der Waals surface area contributed by atoms with Crippen molar-refractivity contribution >= 4 is 10.9 Å². The molecule has 0 atom stereocenters. The van der Waals surface area contributed by atoms with Gasteiger partial charge >= 0.3 is 0 Å². The van der Waals surface area contributed by atoms with Gasteiger partial charge in [-0.1, -0.05) is 67.8 Å². The smallest absolute Gasteiger partial charge is 0.223 e. The van der Waals surface area contributed by atoms with E-state index in [2.05, 4.69) is 52.4 Å². The number of H-pyrrole nitrogens is 1. The van der Waals surface area contributed by atoms with Crippen molar-refractivity contribution in [3.63, 3.8) is 0 Å². The van der Waals surface area contributed by atoms with Crippen LogP contribution >= 0.6 is 0 Å². The van der Waals surface area contributed by atoms with Gasteiger partial charge in [-0.3, -0.25) is 0 Å². The van der Waals surface area contributed by atoms with E-state index in [-0.39, 0.29) is 0 Å². The number of para-hydroxylation sites is 1. The Bertz CT molecular complexity index is 1090. The molecule has 5 rings (SSSR count). The fourth-order valence-electron chi connectivity index (χ4n) is 4.61. The molecule has 0 amide bonds. The highest BCUT2D eigenvalue weighted by atomic mass is 16.5. The second-order valence-electron chi connectivity index (χ2n) is 7.92. The van der Waals surface area contributed by atoms with Gasteiger partial charge in [-0.25, -0.2) is 4.98 Å². The molecule has 1 saturated carbocycles. The lowest BCUT2D eigenvalue weighted by Gasteiger charge is -2.23. The lowest BCUT2D eigenvalue weighted by Crippen LogP contribution is -2.06. The zero-order valence-corrected chi connectivity index (χ0v) is 16.6. The molecule has 146 valence electrons. The second kappa shape index (κ2) is 8.12. The van der Waals surface area contributed by atoms with Gasteiger partial charge < -0.3 is 9.72 Å². The van der Waals surface area contributed by atoms with Crippen molar-refractivity contribution in [2.24, 2.45) is 0 Å². The average Bonchev–Trinajstić information content (AvgIpc) is 3.18. The number of ether oxygens (including phenoxy) is 1. The molecule has 1 N–H and O–H groups in total. The third kappa shape index (κ3) is 3.65. The molecular weight excluding hydrogens is 356 g/mol. The first kappa shape index (κ1) is 18.0.